The normalized spacial score (nSPS) is 18.4. The van der Waals surface area contributed by atoms with Crippen molar-refractivity contribution in [3.8, 4) is 0 Å². The molecule has 1 amide bonds. The predicted octanol–water partition coefficient (Wildman–Crippen LogP) is 2.28. The van der Waals surface area contributed by atoms with Crippen LogP contribution in [0.2, 0.25) is 0 Å². The molecule has 0 radical (unpaired) electrons. The number of amides is 1. The lowest BCUT2D eigenvalue weighted by molar-refractivity contribution is -0.117. The number of hydrogen-bond acceptors (Lipinski definition) is 4. The molecule has 24 heavy (non-hydrogen) atoms. The maximum absolute atomic E-state index is 12.5. The van der Waals surface area contributed by atoms with E-state index in [0.29, 0.717) is 11.4 Å². The van der Waals surface area contributed by atoms with Crippen molar-refractivity contribution < 1.29 is 13.2 Å². The van der Waals surface area contributed by atoms with Gasteiger partial charge in [0.15, 0.2) is 6.17 Å². The Hall–Kier alpha value is -2.38. The van der Waals surface area contributed by atoms with E-state index in [1.807, 2.05) is 39.0 Å². The van der Waals surface area contributed by atoms with Gasteiger partial charge in [-0.05, 0) is 55.7 Å². The molecule has 2 aromatic carbocycles. The van der Waals surface area contributed by atoms with E-state index in [1.54, 1.807) is 12.1 Å². The van der Waals surface area contributed by atoms with Gasteiger partial charge in [-0.2, -0.15) is 4.72 Å². The van der Waals surface area contributed by atoms with E-state index in [1.165, 1.54) is 6.07 Å². The van der Waals surface area contributed by atoms with E-state index >= 15 is 0 Å². The molecule has 3 rings (SSSR count). The van der Waals surface area contributed by atoms with Gasteiger partial charge in [-0.3, -0.25) is 4.79 Å². The number of sulfonamides is 1. The van der Waals surface area contributed by atoms with Crippen molar-refractivity contribution in [3.05, 3.63) is 53.1 Å². The Bertz CT molecular complexity index is 923. The molecular formula is C17H19N3O3S. The van der Waals surface area contributed by atoms with Gasteiger partial charge >= 0.3 is 0 Å². The summed E-state index contributed by atoms with van der Waals surface area (Å²) >= 11 is 0. The average Bonchev–Trinajstić information content (AvgIpc) is 2.49. The molecule has 7 heteroatoms. The Morgan fingerprint density at radius 1 is 1.04 bits per heavy atom. The van der Waals surface area contributed by atoms with Gasteiger partial charge in [-0.1, -0.05) is 18.2 Å². The largest absolute Gasteiger partial charge is 0.360 e. The standard InChI is InChI=1S/C17H19N3O3S/c1-10-4-6-12(3)13(8-10)19-17(21)16-18-14-9-11(2)5-7-15(14)24(22,23)20-16/h4-9,16,18,20H,1-3H3,(H,19,21)/t16-/m0/s1. The third kappa shape index (κ3) is 3.13. The molecule has 1 aliphatic rings. The molecule has 0 spiro atoms. The Labute approximate surface area is 141 Å². The van der Waals surface area contributed by atoms with Crippen LogP contribution in [0.15, 0.2) is 41.3 Å². The van der Waals surface area contributed by atoms with Gasteiger partial charge in [-0.25, -0.2) is 8.42 Å². The number of carbonyl (C=O) groups excluding carboxylic acids is 1. The number of nitrogens with one attached hydrogen (secondary N) is 3. The Morgan fingerprint density at radius 3 is 2.46 bits per heavy atom. The lowest BCUT2D eigenvalue weighted by atomic mass is 10.1. The van der Waals surface area contributed by atoms with Crippen LogP contribution in [-0.4, -0.2) is 20.5 Å². The second kappa shape index (κ2) is 5.92. The highest BCUT2D eigenvalue weighted by Crippen LogP contribution is 2.27. The summed E-state index contributed by atoms with van der Waals surface area (Å²) in [6.07, 6.45) is -1.07. The van der Waals surface area contributed by atoms with Crippen molar-refractivity contribution in [2.24, 2.45) is 0 Å². The average molecular weight is 345 g/mol. The third-order valence-corrected chi connectivity index (χ3v) is 5.39. The maximum Gasteiger partial charge on any atom is 0.262 e. The highest BCUT2D eigenvalue weighted by Gasteiger charge is 2.33. The van der Waals surface area contributed by atoms with Crippen molar-refractivity contribution in [1.82, 2.24) is 4.72 Å². The summed E-state index contributed by atoms with van der Waals surface area (Å²) in [6, 6.07) is 10.7. The second-order valence-electron chi connectivity index (χ2n) is 6.01. The number of aryl methyl sites for hydroxylation is 3. The summed E-state index contributed by atoms with van der Waals surface area (Å²) in [4.78, 5) is 12.7. The van der Waals surface area contributed by atoms with Crippen LogP contribution in [0.4, 0.5) is 11.4 Å². The molecule has 1 aliphatic heterocycles. The molecule has 3 N–H and O–H groups in total. The Morgan fingerprint density at radius 2 is 1.71 bits per heavy atom. The smallest absolute Gasteiger partial charge is 0.262 e. The molecule has 0 unspecified atom stereocenters. The van der Waals surface area contributed by atoms with Crippen molar-refractivity contribution in [2.75, 3.05) is 10.6 Å². The first-order valence-corrected chi connectivity index (χ1v) is 9.02. The molecule has 0 aromatic heterocycles. The number of hydrogen-bond donors (Lipinski definition) is 3. The van der Waals surface area contributed by atoms with Crippen LogP contribution in [0.5, 0.6) is 0 Å². The third-order valence-electron chi connectivity index (χ3n) is 3.91. The van der Waals surface area contributed by atoms with Crippen molar-refractivity contribution >= 4 is 27.3 Å². The summed E-state index contributed by atoms with van der Waals surface area (Å²) < 4.78 is 27.1. The number of anilines is 2. The Kier molecular flexibility index (Phi) is 4.06. The van der Waals surface area contributed by atoms with Gasteiger partial charge in [0.1, 0.15) is 4.90 Å². The lowest BCUT2D eigenvalue weighted by Gasteiger charge is -2.27. The summed E-state index contributed by atoms with van der Waals surface area (Å²) in [5, 5.41) is 5.72. The first-order chi connectivity index (χ1) is 11.3. The van der Waals surface area contributed by atoms with Gasteiger partial charge < -0.3 is 10.6 Å². The Balaban J connectivity index is 1.88. The lowest BCUT2D eigenvalue weighted by Crippen LogP contribution is -2.51. The predicted molar refractivity (Wildman–Crippen MR) is 93.5 cm³/mol. The van der Waals surface area contributed by atoms with Gasteiger partial charge in [-0.15, -0.1) is 0 Å². The van der Waals surface area contributed by atoms with Gasteiger partial charge in [0.05, 0.1) is 5.69 Å². The molecule has 1 heterocycles. The second-order valence-corrected chi connectivity index (χ2v) is 7.69. The zero-order valence-electron chi connectivity index (χ0n) is 13.7. The van der Waals surface area contributed by atoms with Gasteiger partial charge in [0.25, 0.3) is 5.91 Å². The highest BCUT2D eigenvalue weighted by molar-refractivity contribution is 7.89. The minimum Gasteiger partial charge on any atom is -0.360 e. The SMILES string of the molecule is Cc1ccc(C)c(NC(=O)[C@H]2Nc3cc(C)ccc3S(=O)(=O)N2)c1. The van der Waals surface area contributed by atoms with E-state index in [9.17, 15) is 13.2 Å². The zero-order chi connectivity index (χ0) is 17.5. The summed E-state index contributed by atoms with van der Waals surface area (Å²) in [5.41, 5.74) is 3.91. The number of benzene rings is 2. The molecule has 1 atom stereocenters. The monoisotopic (exact) mass is 345 g/mol. The van der Waals surface area contributed by atoms with E-state index in [-0.39, 0.29) is 4.90 Å². The fraction of sp³-hybridized carbons (Fsp3) is 0.235. The van der Waals surface area contributed by atoms with E-state index in [4.69, 9.17) is 0 Å². The topological polar surface area (TPSA) is 87.3 Å². The van der Waals surface area contributed by atoms with Crippen LogP contribution >= 0.6 is 0 Å². The van der Waals surface area contributed by atoms with Crippen LogP contribution in [0.25, 0.3) is 0 Å². The van der Waals surface area contributed by atoms with Crippen LogP contribution in [0, 0.1) is 20.8 Å². The summed E-state index contributed by atoms with van der Waals surface area (Å²) in [7, 11) is -3.74. The summed E-state index contributed by atoms with van der Waals surface area (Å²) in [5.74, 6) is -0.459. The van der Waals surface area contributed by atoms with Crippen molar-refractivity contribution in [1.29, 1.82) is 0 Å². The van der Waals surface area contributed by atoms with Gasteiger partial charge in [0, 0.05) is 5.69 Å². The van der Waals surface area contributed by atoms with E-state index < -0.39 is 22.1 Å². The maximum atomic E-state index is 12.5. The fourth-order valence-corrected chi connectivity index (χ4v) is 3.85. The zero-order valence-corrected chi connectivity index (χ0v) is 14.5. The number of fused-ring (bicyclic) bond motifs is 1. The first kappa shape index (κ1) is 16.5. The molecule has 0 bridgehead atoms. The molecule has 0 aliphatic carbocycles. The van der Waals surface area contributed by atoms with Crippen LogP contribution in [0.3, 0.4) is 0 Å². The fourth-order valence-electron chi connectivity index (χ4n) is 2.59. The van der Waals surface area contributed by atoms with Crippen LogP contribution < -0.4 is 15.4 Å². The molecule has 2 aromatic rings. The first-order valence-electron chi connectivity index (χ1n) is 7.54. The minimum absolute atomic E-state index is 0.142. The molecule has 6 nitrogen and oxygen atoms in total. The van der Waals surface area contributed by atoms with Crippen LogP contribution in [-0.2, 0) is 14.8 Å². The van der Waals surface area contributed by atoms with Gasteiger partial charge in [0.2, 0.25) is 10.0 Å². The highest BCUT2D eigenvalue weighted by atomic mass is 32.2. The molecule has 0 fully saturated rings. The molecule has 0 saturated heterocycles. The quantitative estimate of drug-likeness (QED) is 0.779. The van der Waals surface area contributed by atoms with Crippen LogP contribution in [0.1, 0.15) is 16.7 Å². The minimum atomic E-state index is -3.74. The molecule has 0 saturated carbocycles. The summed E-state index contributed by atoms with van der Waals surface area (Å²) in [6.45, 7) is 5.67. The number of rotatable bonds is 2. The molecule has 126 valence electrons. The van der Waals surface area contributed by atoms with E-state index in [0.717, 1.165) is 16.7 Å². The molecular weight excluding hydrogens is 326 g/mol. The van der Waals surface area contributed by atoms with E-state index in [2.05, 4.69) is 15.4 Å². The number of carbonyl (C=O) groups is 1. The van der Waals surface area contributed by atoms with Crippen molar-refractivity contribution in [3.63, 3.8) is 0 Å². The van der Waals surface area contributed by atoms with Crippen molar-refractivity contribution in [2.45, 2.75) is 31.8 Å².